The molecule has 0 saturated carbocycles. The lowest BCUT2D eigenvalue weighted by Gasteiger charge is -2.24. The predicted octanol–water partition coefficient (Wildman–Crippen LogP) is 2.74. The molecular formula is C10H19NO. The Bertz CT molecular complexity index is 131. The molecular weight excluding hydrogens is 150 g/mol. The van der Waals surface area contributed by atoms with E-state index in [1.807, 2.05) is 0 Å². The zero-order valence-electron chi connectivity index (χ0n) is 8.39. The number of nitrogens with zero attached hydrogens (tertiary/aromatic N) is 1. The van der Waals surface area contributed by atoms with Crippen LogP contribution >= 0.6 is 0 Å². The van der Waals surface area contributed by atoms with Gasteiger partial charge in [0.15, 0.2) is 0 Å². The third-order valence-corrected chi connectivity index (χ3v) is 2.11. The van der Waals surface area contributed by atoms with Gasteiger partial charge < -0.3 is 4.74 Å². The molecule has 0 bridgehead atoms. The highest BCUT2D eigenvalue weighted by Gasteiger charge is 2.27. The van der Waals surface area contributed by atoms with Gasteiger partial charge >= 0.3 is 0 Å². The maximum absolute atomic E-state index is 9.04. The minimum Gasteiger partial charge on any atom is -0.383 e. The highest BCUT2D eigenvalue weighted by atomic mass is 16.5. The molecule has 0 N–H and O–H groups in total. The number of hydrogen-bond acceptors (Lipinski definition) is 2. The molecule has 0 fully saturated rings. The maximum atomic E-state index is 9.04. The number of rotatable bonds is 6. The Balaban J connectivity index is 4.19. The van der Waals surface area contributed by atoms with Gasteiger partial charge in [0.05, 0.1) is 18.1 Å². The first kappa shape index (κ1) is 11.4. The zero-order valence-corrected chi connectivity index (χ0v) is 8.39. The lowest BCUT2D eigenvalue weighted by Crippen LogP contribution is -2.24. The van der Waals surface area contributed by atoms with Crippen molar-refractivity contribution in [3.8, 4) is 6.07 Å². The Hall–Kier alpha value is -0.550. The van der Waals surface area contributed by atoms with E-state index in [2.05, 4.69) is 19.9 Å². The highest BCUT2D eigenvalue weighted by Crippen LogP contribution is 2.28. The van der Waals surface area contributed by atoms with E-state index in [0.29, 0.717) is 6.61 Å². The lowest BCUT2D eigenvalue weighted by atomic mass is 9.81. The van der Waals surface area contributed by atoms with Crippen molar-refractivity contribution in [1.82, 2.24) is 0 Å². The summed E-state index contributed by atoms with van der Waals surface area (Å²) in [6, 6.07) is 2.39. The summed E-state index contributed by atoms with van der Waals surface area (Å²) in [5.41, 5.74) is -0.224. The third-order valence-electron chi connectivity index (χ3n) is 2.11. The molecule has 0 aliphatic heterocycles. The molecule has 0 aromatic rings. The highest BCUT2D eigenvalue weighted by molar-refractivity contribution is 4.98. The molecule has 12 heavy (non-hydrogen) atoms. The van der Waals surface area contributed by atoms with Crippen LogP contribution in [0.3, 0.4) is 0 Å². The number of ether oxygens (including phenoxy) is 1. The Morgan fingerprint density at radius 3 is 2.00 bits per heavy atom. The summed E-state index contributed by atoms with van der Waals surface area (Å²) in [7, 11) is 1.66. The molecule has 2 nitrogen and oxygen atoms in total. The van der Waals surface area contributed by atoms with Crippen molar-refractivity contribution in [2.24, 2.45) is 5.41 Å². The molecule has 0 saturated heterocycles. The minimum absolute atomic E-state index is 0.224. The molecule has 2 heteroatoms. The average Bonchev–Trinajstić information content (AvgIpc) is 2.06. The SMILES string of the molecule is CCCC(C#N)(CCC)COC. The van der Waals surface area contributed by atoms with Gasteiger partial charge in [-0.25, -0.2) is 0 Å². The smallest absolute Gasteiger partial charge is 0.0806 e. The fourth-order valence-electron chi connectivity index (χ4n) is 1.65. The van der Waals surface area contributed by atoms with Crippen molar-refractivity contribution in [1.29, 1.82) is 5.26 Å². The van der Waals surface area contributed by atoms with Gasteiger partial charge in [0.25, 0.3) is 0 Å². The second-order valence-corrected chi connectivity index (χ2v) is 3.33. The summed E-state index contributed by atoms with van der Waals surface area (Å²) < 4.78 is 5.08. The van der Waals surface area contributed by atoms with Crippen LogP contribution in [0, 0.1) is 16.7 Å². The van der Waals surface area contributed by atoms with Gasteiger partial charge in [0.1, 0.15) is 0 Å². The van der Waals surface area contributed by atoms with Crippen LogP contribution in [0.4, 0.5) is 0 Å². The standard InChI is InChI=1S/C10H19NO/c1-4-6-10(8-11,7-5-2)9-12-3/h4-7,9H2,1-3H3. The Labute approximate surface area is 75.5 Å². The van der Waals surface area contributed by atoms with Gasteiger partial charge in [-0.15, -0.1) is 0 Å². The van der Waals surface area contributed by atoms with Crippen LogP contribution in [-0.4, -0.2) is 13.7 Å². The molecule has 0 aromatic carbocycles. The minimum atomic E-state index is -0.224. The predicted molar refractivity (Wildman–Crippen MR) is 49.7 cm³/mol. The van der Waals surface area contributed by atoms with E-state index in [1.165, 1.54) is 0 Å². The zero-order chi connectivity index (χ0) is 9.45. The molecule has 0 atom stereocenters. The molecule has 0 rings (SSSR count). The van der Waals surface area contributed by atoms with Gasteiger partial charge in [-0.1, -0.05) is 26.7 Å². The van der Waals surface area contributed by atoms with Crippen molar-refractivity contribution in [2.75, 3.05) is 13.7 Å². The molecule has 0 heterocycles. The molecule has 0 radical (unpaired) electrons. The third kappa shape index (κ3) is 3.23. The summed E-state index contributed by atoms with van der Waals surface area (Å²) in [5, 5.41) is 9.04. The van der Waals surface area contributed by atoms with Gasteiger partial charge in [0.2, 0.25) is 0 Å². The number of methoxy groups -OCH3 is 1. The summed E-state index contributed by atoms with van der Waals surface area (Å²) >= 11 is 0. The van der Waals surface area contributed by atoms with Crippen molar-refractivity contribution < 1.29 is 4.74 Å². The lowest BCUT2D eigenvalue weighted by molar-refractivity contribution is 0.102. The molecule has 0 aliphatic rings. The largest absolute Gasteiger partial charge is 0.383 e. The Morgan fingerprint density at radius 1 is 1.25 bits per heavy atom. The van der Waals surface area contributed by atoms with Gasteiger partial charge in [-0.3, -0.25) is 0 Å². The molecule has 0 aliphatic carbocycles. The van der Waals surface area contributed by atoms with Crippen molar-refractivity contribution >= 4 is 0 Å². The van der Waals surface area contributed by atoms with Crippen LogP contribution in [0.2, 0.25) is 0 Å². The van der Waals surface area contributed by atoms with E-state index in [0.717, 1.165) is 25.7 Å². The Kier molecular flexibility index (Phi) is 5.74. The van der Waals surface area contributed by atoms with Crippen molar-refractivity contribution in [3.63, 3.8) is 0 Å². The van der Waals surface area contributed by atoms with Crippen LogP contribution in [0.1, 0.15) is 39.5 Å². The van der Waals surface area contributed by atoms with Crippen LogP contribution in [0.15, 0.2) is 0 Å². The van der Waals surface area contributed by atoms with Crippen LogP contribution in [0.25, 0.3) is 0 Å². The first-order valence-corrected chi connectivity index (χ1v) is 4.65. The molecule has 0 aromatic heterocycles. The first-order chi connectivity index (χ1) is 5.74. The van der Waals surface area contributed by atoms with Gasteiger partial charge in [-0.05, 0) is 12.8 Å². The van der Waals surface area contributed by atoms with E-state index in [1.54, 1.807) is 7.11 Å². The summed E-state index contributed by atoms with van der Waals surface area (Å²) in [6.45, 7) is 4.79. The average molecular weight is 169 g/mol. The fraction of sp³-hybridized carbons (Fsp3) is 0.900. The fourth-order valence-corrected chi connectivity index (χ4v) is 1.65. The van der Waals surface area contributed by atoms with E-state index in [-0.39, 0.29) is 5.41 Å². The molecule has 0 unspecified atom stereocenters. The molecule has 70 valence electrons. The van der Waals surface area contributed by atoms with Crippen molar-refractivity contribution in [3.05, 3.63) is 0 Å². The monoisotopic (exact) mass is 169 g/mol. The quantitative estimate of drug-likeness (QED) is 0.612. The summed E-state index contributed by atoms with van der Waals surface area (Å²) in [4.78, 5) is 0. The maximum Gasteiger partial charge on any atom is 0.0806 e. The van der Waals surface area contributed by atoms with Gasteiger partial charge in [0, 0.05) is 7.11 Å². The van der Waals surface area contributed by atoms with Crippen LogP contribution < -0.4 is 0 Å². The molecule has 0 spiro atoms. The Morgan fingerprint density at radius 2 is 1.75 bits per heavy atom. The first-order valence-electron chi connectivity index (χ1n) is 4.65. The summed E-state index contributed by atoms with van der Waals surface area (Å²) in [6.07, 6.45) is 4.00. The van der Waals surface area contributed by atoms with Crippen LogP contribution in [-0.2, 0) is 4.74 Å². The normalized spacial score (nSPS) is 11.2. The van der Waals surface area contributed by atoms with Gasteiger partial charge in [-0.2, -0.15) is 5.26 Å². The van der Waals surface area contributed by atoms with Crippen molar-refractivity contribution in [2.45, 2.75) is 39.5 Å². The van der Waals surface area contributed by atoms with E-state index >= 15 is 0 Å². The van der Waals surface area contributed by atoms with Crippen LogP contribution in [0.5, 0.6) is 0 Å². The van der Waals surface area contributed by atoms with E-state index in [9.17, 15) is 0 Å². The topological polar surface area (TPSA) is 33.0 Å². The summed E-state index contributed by atoms with van der Waals surface area (Å²) in [5.74, 6) is 0. The second-order valence-electron chi connectivity index (χ2n) is 3.33. The van der Waals surface area contributed by atoms with E-state index < -0.39 is 0 Å². The number of hydrogen-bond donors (Lipinski definition) is 0. The van der Waals surface area contributed by atoms with E-state index in [4.69, 9.17) is 10.00 Å². The molecule has 0 amide bonds. The number of nitriles is 1. The second kappa shape index (κ2) is 6.02.